The molecule has 1 N–H and O–H groups in total. The maximum atomic E-state index is 9.10. The topological polar surface area (TPSA) is 34.4 Å². The highest BCUT2D eigenvalue weighted by atomic mass is 16.5. The van der Waals surface area contributed by atoms with E-state index in [-0.39, 0.29) is 6.61 Å². The molecule has 0 fully saturated rings. The summed E-state index contributed by atoms with van der Waals surface area (Å²) in [5.41, 5.74) is 3.40. The van der Waals surface area contributed by atoms with Gasteiger partial charge in [-0.25, -0.2) is 0 Å². The van der Waals surface area contributed by atoms with E-state index in [0.717, 1.165) is 18.7 Å². The highest BCUT2D eigenvalue weighted by molar-refractivity contribution is 5.82. The molecule has 0 bridgehead atoms. The highest BCUT2D eigenvalue weighted by Crippen LogP contribution is 2.24. The predicted octanol–water partition coefficient (Wildman–Crippen LogP) is 1.66. The first-order valence-corrected chi connectivity index (χ1v) is 5.18. The number of aliphatic hydroxyl groups excluding tert-OH is 1. The molecule has 0 spiro atoms. The molecule has 15 heavy (non-hydrogen) atoms. The molecule has 3 nitrogen and oxygen atoms in total. The number of aliphatic hydroxyl groups is 1. The van der Waals surface area contributed by atoms with Crippen LogP contribution in [-0.2, 0) is 24.5 Å². The summed E-state index contributed by atoms with van der Waals surface area (Å²) in [5.74, 6) is 0. The fourth-order valence-electron chi connectivity index (χ4n) is 2.17. The van der Waals surface area contributed by atoms with Gasteiger partial charge in [0.05, 0.1) is 19.8 Å². The van der Waals surface area contributed by atoms with Gasteiger partial charge < -0.3 is 14.4 Å². The number of rotatable bonds is 1. The Kier molecular flexibility index (Phi) is 2.01. The third kappa shape index (κ3) is 1.35. The lowest BCUT2D eigenvalue weighted by atomic mass is 10.2. The van der Waals surface area contributed by atoms with Crippen molar-refractivity contribution in [3.05, 3.63) is 35.5 Å². The number of nitrogens with zero attached hydrogens (tertiary/aromatic N) is 1. The van der Waals surface area contributed by atoms with Gasteiger partial charge in [-0.05, 0) is 23.1 Å². The zero-order chi connectivity index (χ0) is 10.3. The average molecular weight is 203 g/mol. The molecule has 2 aromatic rings. The number of aromatic nitrogens is 1. The molecule has 78 valence electrons. The second-order valence-corrected chi connectivity index (χ2v) is 3.89. The Bertz CT molecular complexity index is 502. The van der Waals surface area contributed by atoms with Crippen LogP contribution in [0.25, 0.3) is 10.9 Å². The summed E-state index contributed by atoms with van der Waals surface area (Å²) in [5, 5.41) is 10.3. The van der Waals surface area contributed by atoms with Crippen LogP contribution in [0.15, 0.2) is 24.3 Å². The SMILES string of the molecule is OCc1ccc2cc3n(c2c1)CCOC3. The molecule has 0 atom stereocenters. The third-order valence-corrected chi connectivity index (χ3v) is 2.95. The van der Waals surface area contributed by atoms with Crippen molar-refractivity contribution in [2.45, 2.75) is 19.8 Å². The molecule has 0 amide bonds. The van der Waals surface area contributed by atoms with Gasteiger partial charge in [0.1, 0.15) is 0 Å². The van der Waals surface area contributed by atoms with E-state index in [1.807, 2.05) is 6.07 Å². The Morgan fingerprint density at radius 1 is 1.33 bits per heavy atom. The molecular formula is C12H13NO2. The van der Waals surface area contributed by atoms with Crippen molar-refractivity contribution in [3.8, 4) is 0 Å². The van der Waals surface area contributed by atoms with Crippen LogP contribution in [0.4, 0.5) is 0 Å². The van der Waals surface area contributed by atoms with Crippen LogP contribution in [0.5, 0.6) is 0 Å². The number of fused-ring (bicyclic) bond motifs is 3. The minimum atomic E-state index is 0.104. The van der Waals surface area contributed by atoms with E-state index in [1.165, 1.54) is 16.6 Å². The normalized spacial score (nSPS) is 15.5. The van der Waals surface area contributed by atoms with Gasteiger partial charge in [0, 0.05) is 17.8 Å². The van der Waals surface area contributed by atoms with E-state index in [1.54, 1.807) is 0 Å². The van der Waals surface area contributed by atoms with Crippen molar-refractivity contribution in [1.29, 1.82) is 0 Å². The summed E-state index contributed by atoms with van der Waals surface area (Å²) in [6.07, 6.45) is 0. The van der Waals surface area contributed by atoms with Crippen LogP contribution in [0, 0.1) is 0 Å². The Hall–Kier alpha value is -1.32. The highest BCUT2D eigenvalue weighted by Gasteiger charge is 2.12. The summed E-state index contributed by atoms with van der Waals surface area (Å²) in [4.78, 5) is 0. The average Bonchev–Trinajstić information content (AvgIpc) is 2.66. The fraction of sp³-hybridized carbons (Fsp3) is 0.333. The fourth-order valence-corrected chi connectivity index (χ4v) is 2.17. The quantitative estimate of drug-likeness (QED) is 0.765. The predicted molar refractivity (Wildman–Crippen MR) is 57.5 cm³/mol. The Morgan fingerprint density at radius 3 is 3.13 bits per heavy atom. The van der Waals surface area contributed by atoms with Crippen molar-refractivity contribution in [2.24, 2.45) is 0 Å². The van der Waals surface area contributed by atoms with Gasteiger partial charge in [0.15, 0.2) is 0 Å². The van der Waals surface area contributed by atoms with Gasteiger partial charge >= 0.3 is 0 Å². The van der Waals surface area contributed by atoms with Gasteiger partial charge in [-0.1, -0.05) is 12.1 Å². The summed E-state index contributed by atoms with van der Waals surface area (Å²) in [7, 11) is 0. The summed E-state index contributed by atoms with van der Waals surface area (Å²) >= 11 is 0. The Balaban J connectivity index is 2.24. The van der Waals surface area contributed by atoms with E-state index in [9.17, 15) is 0 Å². The van der Waals surface area contributed by atoms with Gasteiger partial charge in [0.2, 0.25) is 0 Å². The first-order valence-electron chi connectivity index (χ1n) is 5.18. The summed E-state index contributed by atoms with van der Waals surface area (Å²) in [6.45, 7) is 2.49. The van der Waals surface area contributed by atoms with Crippen molar-refractivity contribution in [1.82, 2.24) is 4.57 Å². The second-order valence-electron chi connectivity index (χ2n) is 3.89. The van der Waals surface area contributed by atoms with Crippen LogP contribution in [0.3, 0.4) is 0 Å². The first kappa shape index (κ1) is 8.95. The largest absolute Gasteiger partial charge is 0.392 e. The van der Waals surface area contributed by atoms with Crippen LogP contribution in [0.1, 0.15) is 11.3 Å². The van der Waals surface area contributed by atoms with Gasteiger partial charge in [-0.3, -0.25) is 0 Å². The van der Waals surface area contributed by atoms with Crippen LogP contribution in [-0.4, -0.2) is 16.3 Å². The molecule has 2 heterocycles. The zero-order valence-electron chi connectivity index (χ0n) is 8.44. The number of hydrogen-bond donors (Lipinski definition) is 1. The van der Waals surface area contributed by atoms with Crippen molar-refractivity contribution in [2.75, 3.05) is 6.61 Å². The van der Waals surface area contributed by atoms with Gasteiger partial charge in [0.25, 0.3) is 0 Å². The molecule has 0 unspecified atom stereocenters. The second kappa shape index (κ2) is 3.36. The molecular weight excluding hydrogens is 190 g/mol. The van der Waals surface area contributed by atoms with Gasteiger partial charge in [-0.2, -0.15) is 0 Å². The molecule has 0 saturated heterocycles. The number of benzene rings is 1. The van der Waals surface area contributed by atoms with Crippen LogP contribution >= 0.6 is 0 Å². The van der Waals surface area contributed by atoms with E-state index in [2.05, 4.69) is 22.8 Å². The molecule has 1 aliphatic heterocycles. The molecule has 1 aromatic carbocycles. The Labute approximate surface area is 87.9 Å². The zero-order valence-corrected chi connectivity index (χ0v) is 8.44. The molecule has 1 aromatic heterocycles. The minimum absolute atomic E-state index is 0.104. The molecule has 0 aliphatic carbocycles. The van der Waals surface area contributed by atoms with E-state index in [4.69, 9.17) is 9.84 Å². The molecule has 0 saturated carbocycles. The third-order valence-electron chi connectivity index (χ3n) is 2.95. The number of hydrogen-bond acceptors (Lipinski definition) is 2. The smallest absolute Gasteiger partial charge is 0.0869 e. The lowest BCUT2D eigenvalue weighted by molar-refractivity contribution is 0.0865. The minimum Gasteiger partial charge on any atom is -0.392 e. The van der Waals surface area contributed by atoms with Crippen LogP contribution in [0.2, 0.25) is 0 Å². The molecule has 0 radical (unpaired) electrons. The standard InChI is InChI=1S/C12H13NO2/c14-7-9-1-2-10-6-11-8-15-4-3-13(11)12(10)5-9/h1-2,5-6,14H,3-4,7-8H2. The van der Waals surface area contributed by atoms with E-state index >= 15 is 0 Å². The molecule has 3 rings (SSSR count). The molecule has 3 heteroatoms. The monoisotopic (exact) mass is 203 g/mol. The van der Waals surface area contributed by atoms with Crippen molar-refractivity contribution >= 4 is 10.9 Å². The van der Waals surface area contributed by atoms with Crippen molar-refractivity contribution < 1.29 is 9.84 Å². The number of ether oxygens (including phenoxy) is 1. The van der Waals surface area contributed by atoms with Crippen LogP contribution < -0.4 is 0 Å². The first-order chi connectivity index (χ1) is 7.38. The van der Waals surface area contributed by atoms with Crippen molar-refractivity contribution in [3.63, 3.8) is 0 Å². The maximum absolute atomic E-state index is 9.10. The van der Waals surface area contributed by atoms with E-state index < -0.39 is 0 Å². The molecule has 1 aliphatic rings. The summed E-state index contributed by atoms with van der Waals surface area (Å²) in [6, 6.07) is 8.25. The lowest BCUT2D eigenvalue weighted by Gasteiger charge is -2.16. The lowest BCUT2D eigenvalue weighted by Crippen LogP contribution is -2.15. The van der Waals surface area contributed by atoms with Gasteiger partial charge in [-0.15, -0.1) is 0 Å². The summed E-state index contributed by atoms with van der Waals surface area (Å²) < 4.78 is 7.69. The Morgan fingerprint density at radius 2 is 2.27 bits per heavy atom. The van der Waals surface area contributed by atoms with E-state index in [0.29, 0.717) is 6.61 Å². The maximum Gasteiger partial charge on any atom is 0.0869 e.